The van der Waals surface area contributed by atoms with Crippen molar-refractivity contribution in [3.8, 4) is 22.3 Å². The molecule has 13 rings (SSSR count). The molecule has 306 valence electrons. The average Bonchev–Trinajstić information content (AvgIpc) is 4.06. The van der Waals surface area contributed by atoms with Gasteiger partial charge in [-0.1, -0.05) is 133 Å². The third-order valence-corrected chi connectivity index (χ3v) is 16.2. The summed E-state index contributed by atoms with van der Waals surface area (Å²) in [5, 5.41) is 7.73. The van der Waals surface area contributed by atoms with Crippen molar-refractivity contribution < 1.29 is 0 Å². The molecule has 0 aliphatic rings. The molecular weight excluding hydrogens is 845 g/mol. The monoisotopic (exact) mass is 882 g/mol. The van der Waals surface area contributed by atoms with Gasteiger partial charge >= 0.3 is 0 Å². The summed E-state index contributed by atoms with van der Waals surface area (Å²) in [5.74, 6) is 0. The van der Waals surface area contributed by atoms with Crippen molar-refractivity contribution in [2.75, 3.05) is 9.80 Å². The van der Waals surface area contributed by atoms with Crippen LogP contribution in [-0.2, 0) is 0 Å². The van der Waals surface area contributed by atoms with Gasteiger partial charge in [-0.15, -0.1) is 34.0 Å². The van der Waals surface area contributed by atoms with E-state index in [0.29, 0.717) is 0 Å². The van der Waals surface area contributed by atoms with Gasteiger partial charge in [0, 0.05) is 106 Å². The maximum atomic E-state index is 2.43. The zero-order valence-corrected chi connectivity index (χ0v) is 37.5. The Kier molecular flexibility index (Phi) is 9.12. The molecule has 13 aromatic rings. The highest BCUT2D eigenvalue weighted by Crippen LogP contribution is 2.49. The van der Waals surface area contributed by atoms with E-state index >= 15 is 0 Å². The van der Waals surface area contributed by atoms with Crippen LogP contribution in [0.25, 0.3) is 82.8 Å². The number of anilines is 6. The minimum atomic E-state index is 1.13. The maximum absolute atomic E-state index is 2.43. The van der Waals surface area contributed by atoms with Crippen molar-refractivity contribution in [3.63, 3.8) is 0 Å². The fourth-order valence-electron chi connectivity index (χ4n) is 9.63. The summed E-state index contributed by atoms with van der Waals surface area (Å²) in [5.41, 5.74) is 11.8. The first-order chi connectivity index (χ1) is 32.2. The normalized spacial score (nSPS) is 11.7. The van der Waals surface area contributed by atoms with Crippen molar-refractivity contribution in [2.24, 2.45) is 0 Å². The molecule has 0 bridgehead atoms. The molecule has 10 aromatic carbocycles. The zero-order chi connectivity index (χ0) is 42.8. The second-order valence-electron chi connectivity index (χ2n) is 16.5. The van der Waals surface area contributed by atoms with Gasteiger partial charge in [0.15, 0.2) is 0 Å². The number of nitrogens with zero attached hydrogens (tertiary/aromatic N) is 2. The van der Waals surface area contributed by atoms with Crippen LogP contribution in [0.4, 0.5) is 34.1 Å². The number of hydrogen-bond acceptors (Lipinski definition) is 5. The van der Waals surface area contributed by atoms with Gasteiger partial charge in [-0.05, 0) is 108 Å². The van der Waals surface area contributed by atoms with E-state index in [0.717, 1.165) is 34.1 Å². The van der Waals surface area contributed by atoms with Crippen LogP contribution in [0.1, 0.15) is 0 Å². The Labute approximate surface area is 388 Å². The fourth-order valence-corrected chi connectivity index (χ4v) is 13.3. The second kappa shape index (κ2) is 15.6. The largest absolute Gasteiger partial charge is 0.310 e. The van der Waals surface area contributed by atoms with Crippen LogP contribution >= 0.6 is 34.0 Å². The Hall–Kier alpha value is -7.54. The standard InChI is InChI=1S/C60H38N2S3/c1-5-17-41(18-6-1)61(42-19-7-2-8-20-42)45-35-51(59-53(37-45)47-25-13-15-27-55(47)64-59)39-29-31-49-50-32-30-40(34-58(50)63-57(49)33-39)52-36-46(38-54-48-26-14-16-28-56(48)65-60(52)54)62(43-21-9-3-10-22-43)44-23-11-4-12-24-44/h1-38H. The molecule has 0 saturated heterocycles. The Bertz CT molecular complexity index is 3560. The van der Waals surface area contributed by atoms with Gasteiger partial charge < -0.3 is 9.80 Å². The van der Waals surface area contributed by atoms with E-state index in [2.05, 4.69) is 240 Å². The molecule has 0 aliphatic carbocycles. The molecule has 0 amide bonds. The van der Waals surface area contributed by atoms with E-state index in [-0.39, 0.29) is 0 Å². The summed E-state index contributed by atoms with van der Waals surface area (Å²) < 4.78 is 7.80. The van der Waals surface area contributed by atoms with Crippen LogP contribution in [0.5, 0.6) is 0 Å². The van der Waals surface area contributed by atoms with Gasteiger partial charge in [0.25, 0.3) is 0 Å². The number of fused-ring (bicyclic) bond motifs is 9. The summed E-state index contributed by atoms with van der Waals surface area (Å²) in [6.07, 6.45) is 0. The first-order valence-corrected chi connectivity index (χ1v) is 24.3. The molecule has 0 fully saturated rings. The van der Waals surface area contributed by atoms with E-state index in [1.807, 2.05) is 34.0 Å². The smallest absolute Gasteiger partial charge is 0.0475 e. The highest BCUT2D eigenvalue weighted by atomic mass is 32.1. The van der Waals surface area contributed by atoms with Crippen molar-refractivity contribution in [2.45, 2.75) is 0 Å². The van der Waals surface area contributed by atoms with Gasteiger partial charge in [-0.2, -0.15) is 0 Å². The van der Waals surface area contributed by atoms with Crippen molar-refractivity contribution in [1.82, 2.24) is 0 Å². The highest BCUT2D eigenvalue weighted by Gasteiger charge is 2.21. The molecular formula is C60H38N2S3. The Morgan fingerprint density at radius 1 is 0.231 bits per heavy atom. The molecule has 0 saturated carbocycles. The quantitative estimate of drug-likeness (QED) is 0.150. The molecule has 65 heavy (non-hydrogen) atoms. The van der Waals surface area contributed by atoms with E-state index in [9.17, 15) is 0 Å². The van der Waals surface area contributed by atoms with E-state index in [4.69, 9.17) is 0 Å². The lowest BCUT2D eigenvalue weighted by molar-refractivity contribution is 1.29. The molecule has 0 spiro atoms. The summed E-state index contributed by atoms with van der Waals surface area (Å²) in [7, 11) is 0. The zero-order valence-electron chi connectivity index (χ0n) is 35.1. The SMILES string of the molecule is c1ccc(N(c2ccccc2)c2cc(-c3ccc4c(c3)sc3cc(-c5cc(N(c6ccccc6)c6ccccc6)cc6c5sc5ccccc56)ccc34)c3sc4ccccc4c3c2)cc1. The first kappa shape index (κ1) is 38.0. The third-order valence-electron chi connectivity index (χ3n) is 12.6. The molecule has 3 heterocycles. The van der Waals surface area contributed by atoms with Crippen LogP contribution in [0, 0.1) is 0 Å². The molecule has 2 nitrogen and oxygen atoms in total. The molecule has 0 unspecified atom stereocenters. The average molecular weight is 883 g/mol. The lowest BCUT2D eigenvalue weighted by Crippen LogP contribution is -2.09. The van der Waals surface area contributed by atoms with E-state index < -0.39 is 0 Å². The summed E-state index contributed by atoms with van der Waals surface area (Å²) >= 11 is 5.67. The minimum Gasteiger partial charge on any atom is -0.310 e. The van der Waals surface area contributed by atoms with Crippen molar-refractivity contribution in [1.29, 1.82) is 0 Å². The van der Waals surface area contributed by atoms with Gasteiger partial charge in [-0.25, -0.2) is 0 Å². The second-order valence-corrected chi connectivity index (χ2v) is 19.7. The molecule has 0 aliphatic heterocycles. The molecule has 0 atom stereocenters. The predicted molar refractivity (Wildman–Crippen MR) is 285 cm³/mol. The fraction of sp³-hybridized carbons (Fsp3) is 0. The van der Waals surface area contributed by atoms with Crippen LogP contribution in [0.3, 0.4) is 0 Å². The van der Waals surface area contributed by atoms with Crippen LogP contribution in [-0.4, -0.2) is 0 Å². The Balaban J connectivity index is 0.983. The summed E-state index contributed by atoms with van der Waals surface area (Å²) in [6, 6.07) is 84.4. The van der Waals surface area contributed by atoms with Crippen molar-refractivity contribution >= 4 is 129 Å². The van der Waals surface area contributed by atoms with Crippen LogP contribution in [0.2, 0.25) is 0 Å². The van der Waals surface area contributed by atoms with E-state index in [1.54, 1.807) is 0 Å². The molecule has 0 radical (unpaired) electrons. The lowest BCUT2D eigenvalue weighted by Gasteiger charge is -2.26. The lowest BCUT2D eigenvalue weighted by atomic mass is 9.98. The number of benzene rings is 10. The topological polar surface area (TPSA) is 6.48 Å². The van der Waals surface area contributed by atoms with Gasteiger partial charge in [0.2, 0.25) is 0 Å². The Morgan fingerprint density at radius 2 is 0.569 bits per heavy atom. The van der Waals surface area contributed by atoms with Crippen LogP contribution < -0.4 is 9.80 Å². The molecule has 0 N–H and O–H groups in total. The Morgan fingerprint density at radius 3 is 0.954 bits per heavy atom. The van der Waals surface area contributed by atoms with Crippen molar-refractivity contribution in [3.05, 3.63) is 231 Å². The maximum Gasteiger partial charge on any atom is 0.0475 e. The van der Waals surface area contributed by atoms with Gasteiger partial charge in [-0.3, -0.25) is 0 Å². The number of hydrogen-bond donors (Lipinski definition) is 0. The first-order valence-electron chi connectivity index (χ1n) is 21.9. The molecule has 5 heteroatoms. The van der Waals surface area contributed by atoms with Gasteiger partial charge in [0.1, 0.15) is 0 Å². The number of para-hydroxylation sites is 4. The van der Waals surface area contributed by atoms with E-state index in [1.165, 1.54) is 82.8 Å². The highest BCUT2D eigenvalue weighted by molar-refractivity contribution is 7.27. The minimum absolute atomic E-state index is 1.13. The van der Waals surface area contributed by atoms with Gasteiger partial charge in [0.05, 0.1) is 0 Å². The number of thiophene rings is 3. The third kappa shape index (κ3) is 6.50. The summed E-state index contributed by atoms with van der Waals surface area (Å²) in [4.78, 5) is 4.77. The number of rotatable bonds is 8. The predicted octanol–water partition coefficient (Wildman–Crippen LogP) is 19.1. The summed E-state index contributed by atoms with van der Waals surface area (Å²) in [6.45, 7) is 0. The molecule has 3 aromatic heterocycles. The van der Waals surface area contributed by atoms with Crippen LogP contribution in [0.15, 0.2) is 231 Å².